The number of hydrogen-bond donors (Lipinski definition) is 1. The van der Waals surface area contributed by atoms with Crippen LogP contribution in [-0.4, -0.2) is 66.9 Å². The highest BCUT2D eigenvalue weighted by Crippen LogP contribution is 2.13. The third-order valence-corrected chi connectivity index (χ3v) is 6.15. The van der Waals surface area contributed by atoms with Gasteiger partial charge in [-0.2, -0.15) is 4.31 Å². The van der Waals surface area contributed by atoms with E-state index in [0.717, 1.165) is 17.3 Å². The number of guanidine groups is 1. The Hall–Kier alpha value is -1.73. The van der Waals surface area contributed by atoms with Crippen molar-refractivity contribution in [2.75, 3.05) is 33.2 Å². The molecule has 0 aliphatic carbocycles. The highest BCUT2D eigenvalue weighted by atomic mass is 127. The largest absolute Gasteiger partial charge is 0.364 e. The molecular formula is C17H25IN6O3S. The van der Waals surface area contributed by atoms with Crippen molar-refractivity contribution in [3.8, 4) is 0 Å². The Labute approximate surface area is 182 Å². The zero-order valence-corrected chi connectivity index (χ0v) is 19.1. The second kappa shape index (κ2) is 10.2. The van der Waals surface area contributed by atoms with Gasteiger partial charge < -0.3 is 14.7 Å². The van der Waals surface area contributed by atoms with E-state index >= 15 is 0 Å². The average molecular weight is 520 g/mol. The van der Waals surface area contributed by atoms with Crippen LogP contribution in [0.25, 0.3) is 0 Å². The third-order valence-electron chi connectivity index (χ3n) is 4.34. The van der Waals surface area contributed by atoms with Crippen molar-refractivity contribution in [2.45, 2.75) is 19.2 Å². The highest BCUT2D eigenvalue weighted by molar-refractivity contribution is 14.0. The fourth-order valence-corrected chi connectivity index (χ4v) is 4.39. The van der Waals surface area contributed by atoms with Crippen molar-refractivity contribution in [1.82, 2.24) is 24.7 Å². The zero-order valence-electron chi connectivity index (χ0n) is 15.9. The quantitative estimate of drug-likeness (QED) is 0.359. The lowest BCUT2D eigenvalue weighted by molar-refractivity contribution is 0.259. The second-order valence-corrected chi connectivity index (χ2v) is 8.27. The van der Waals surface area contributed by atoms with E-state index < -0.39 is 10.0 Å². The maximum absolute atomic E-state index is 12.5. The molecule has 2 aromatic heterocycles. The predicted octanol–water partition coefficient (Wildman–Crippen LogP) is 1.22. The maximum atomic E-state index is 12.5. The topological polar surface area (TPSA) is 104 Å². The van der Waals surface area contributed by atoms with E-state index in [-0.39, 0.29) is 29.7 Å². The summed E-state index contributed by atoms with van der Waals surface area (Å²) in [6.45, 7) is 4.47. The van der Waals surface area contributed by atoms with Crippen LogP contribution in [0.1, 0.15) is 17.1 Å². The minimum Gasteiger partial charge on any atom is -0.364 e. The molecule has 3 rings (SSSR count). The van der Waals surface area contributed by atoms with Crippen molar-refractivity contribution >= 4 is 40.0 Å². The first kappa shape index (κ1) is 22.6. The van der Waals surface area contributed by atoms with Crippen molar-refractivity contribution in [1.29, 1.82) is 0 Å². The van der Waals surface area contributed by atoms with Crippen LogP contribution in [-0.2, 0) is 22.3 Å². The molecule has 9 nitrogen and oxygen atoms in total. The van der Waals surface area contributed by atoms with Crippen molar-refractivity contribution in [2.24, 2.45) is 4.99 Å². The van der Waals surface area contributed by atoms with Crippen LogP contribution >= 0.6 is 24.0 Å². The van der Waals surface area contributed by atoms with E-state index in [2.05, 4.69) is 25.3 Å². The Bertz CT molecular complexity index is 880. The lowest BCUT2D eigenvalue weighted by Gasteiger charge is -2.35. The monoisotopic (exact) mass is 520 g/mol. The summed E-state index contributed by atoms with van der Waals surface area (Å²) in [5.41, 5.74) is 2.32. The molecule has 11 heteroatoms. The SMILES string of the molecule is CN=C(NCc1cccc(C)n1)N1CCN(S(=O)(=O)Cc2ccon2)CC1.I. The fourth-order valence-electron chi connectivity index (χ4n) is 2.97. The minimum absolute atomic E-state index is 0. The van der Waals surface area contributed by atoms with Gasteiger partial charge in [0, 0.05) is 45.0 Å². The maximum Gasteiger partial charge on any atom is 0.220 e. The van der Waals surface area contributed by atoms with E-state index in [1.807, 2.05) is 25.1 Å². The lowest BCUT2D eigenvalue weighted by Crippen LogP contribution is -2.53. The van der Waals surface area contributed by atoms with Gasteiger partial charge in [-0.25, -0.2) is 8.42 Å². The number of aromatic nitrogens is 2. The number of rotatable bonds is 5. The van der Waals surface area contributed by atoms with Gasteiger partial charge in [-0.05, 0) is 19.1 Å². The molecule has 154 valence electrons. The molecule has 28 heavy (non-hydrogen) atoms. The van der Waals surface area contributed by atoms with Crippen molar-refractivity contribution in [3.05, 3.63) is 47.6 Å². The Morgan fingerprint density at radius 1 is 1.21 bits per heavy atom. The van der Waals surface area contributed by atoms with Crippen LogP contribution < -0.4 is 5.32 Å². The van der Waals surface area contributed by atoms with Crippen LogP contribution in [0.4, 0.5) is 0 Å². The molecule has 1 saturated heterocycles. The van der Waals surface area contributed by atoms with Gasteiger partial charge in [0.05, 0.1) is 17.9 Å². The van der Waals surface area contributed by atoms with E-state index in [9.17, 15) is 8.42 Å². The van der Waals surface area contributed by atoms with Crippen LogP contribution in [0.2, 0.25) is 0 Å². The molecule has 0 radical (unpaired) electrons. The molecule has 0 atom stereocenters. The number of sulfonamides is 1. The molecule has 1 aliphatic heterocycles. The van der Waals surface area contributed by atoms with Gasteiger partial charge >= 0.3 is 0 Å². The third kappa shape index (κ3) is 5.88. The molecule has 0 bridgehead atoms. The summed E-state index contributed by atoms with van der Waals surface area (Å²) in [6, 6.07) is 7.46. The fraction of sp³-hybridized carbons (Fsp3) is 0.471. The van der Waals surface area contributed by atoms with Gasteiger partial charge in [0.25, 0.3) is 0 Å². The van der Waals surface area contributed by atoms with Gasteiger partial charge in [-0.3, -0.25) is 9.98 Å². The van der Waals surface area contributed by atoms with Gasteiger partial charge in [-0.1, -0.05) is 11.2 Å². The standard InChI is InChI=1S/C17H24N6O3S.HI/c1-14-4-3-5-15(20-14)12-19-17(18-2)22-7-9-23(10-8-22)27(24,25)13-16-6-11-26-21-16;/h3-6,11H,7-10,12-13H2,1-2H3,(H,18,19);1H. The van der Waals surface area contributed by atoms with Crippen molar-refractivity contribution in [3.63, 3.8) is 0 Å². The molecule has 1 N–H and O–H groups in total. The highest BCUT2D eigenvalue weighted by Gasteiger charge is 2.28. The summed E-state index contributed by atoms with van der Waals surface area (Å²) < 4.78 is 31.2. The number of nitrogens with zero attached hydrogens (tertiary/aromatic N) is 5. The number of nitrogens with one attached hydrogen (secondary N) is 1. The molecule has 0 saturated carbocycles. The zero-order chi connectivity index (χ0) is 19.3. The Morgan fingerprint density at radius 3 is 2.57 bits per heavy atom. The van der Waals surface area contributed by atoms with E-state index in [4.69, 9.17) is 4.52 Å². The number of pyridine rings is 1. The van der Waals surface area contributed by atoms with Gasteiger partial charge in [0.2, 0.25) is 10.0 Å². The van der Waals surface area contributed by atoms with Gasteiger partial charge in [-0.15, -0.1) is 24.0 Å². The predicted molar refractivity (Wildman–Crippen MR) is 117 cm³/mol. The summed E-state index contributed by atoms with van der Waals surface area (Å²) in [5, 5.41) is 6.98. The number of piperazine rings is 1. The normalized spacial score (nSPS) is 15.9. The first-order chi connectivity index (χ1) is 13.0. The van der Waals surface area contributed by atoms with E-state index in [0.29, 0.717) is 38.4 Å². The van der Waals surface area contributed by atoms with Crippen LogP contribution in [0, 0.1) is 6.92 Å². The average Bonchev–Trinajstić information content (AvgIpc) is 3.15. The van der Waals surface area contributed by atoms with E-state index in [1.54, 1.807) is 13.1 Å². The van der Waals surface area contributed by atoms with Crippen LogP contribution in [0.5, 0.6) is 0 Å². The van der Waals surface area contributed by atoms with Crippen molar-refractivity contribution < 1.29 is 12.9 Å². The Morgan fingerprint density at radius 2 is 1.96 bits per heavy atom. The molecule has 0 spiro atoms. The van der Waals surface area contributed by atoms with Crippen LogP contribution in [0.3, 0.4) is 0 Å². The molecule has 2 aromatic rings. The molecule has 1 aliphatic rings. The van der Waals surface area contributed by atoms with Crippen LogP contribution in [0.15, 0.2) is 40.0 Å². The molecule has 0 unspecified atom stereocenters. The van der Waals surface area contributed by atoms with E-state index in [1.165, 1.54) is 10.6 Å². The number of aryl methyl sites for hydroxylation is 1. The number of aliphatic imine (C=N–C) groups is 1. The smallest absolute Gasteiger partial charge is 0.220 e. The molecule has 0 aromatic carbocycles. The Kier molecular flexibility index (Phi) is 8.19. The summed E-state index contributed by atoms with van der Waals surface area (Å²) in [7, 11) is -1.69. The van der Waals surface area contributed by atoms with Gasteiger partial charge in [0.1, 0.15) is 12.0 Å². The summed E-state index contributed by atoms with van der Waals surface area (Å²) in [5.74, 6) is 0.599. The Balaban J connectivity index is 0.00000280. The van der Waals surface area contributed by atoms with Gasteiger partial charge in [0.15, 0.2) is 5.96 Å². The summed E-state index contributed by atoms with van der Waals surface area (Å²) in [4.78, 5) is 10.8. The molecule has 3 heterocycles. The first-order valence-electron chi connectivity index (χ1n) is 8.73. The summed E-state index contributed by atoms with van der Waals surface area (Å²) >= 11 is 0. The molecule has 0 amide bonds. The lowest BCUT2D eigenvalue weighted by atomic mass is 10.3. The summed E-state index contributed by atoms with van der Waals surface area (Å²) in [6.07, 6.45) is 1.38. The minimum atomic E-state index is -3.41. The molecule has 1 fully saturated rings. The number of hydrogen-bond acceptors (Lipinski definition) is 6. The first-order valence-corrected chi connectivity index (χ1v) is 10.3. The number of halogens is 1. The molecular weight excluding hydrogens is 495 g/mol. The second-order valence-electron chi connectivity index (χ2n) is 6.30.